The molecule has 2 amide bonds. The third-order valence-electron chi connectivity index (χ3n) is 13.2. The van der Waals surface area contributed by atoms with Gasteiger partial charge in [0.05, 0.1) is 0 Å². The number of carbonyl (C=O) groups excluding carboxylic acids is 5. The van der Waals surface area contributed by atoms with Crippen LogP contribution in [0.4, 0.5) is 0 Å². The first-order valence-corrected chi connectivity index (χ1v) is 32.7. The summed E-state index contributed by atoms with van der Waals surface area (Å²) >= 11 is 0. The van der Waals surface area contributed by atoms with E-state index in [1.807, 2.05) is 92.7 Å². The average molecular weight is 1210 g/mol. The number of hydrazone groups is 1. The summed E-state index contributed by atoms with van der Waals surface area (Å²) in [5.41, 5.74) is 10.6. The van der Waals surface area contributed by atoms with Gasteiger partial charge in [0.2, 0.25) is 11.8 Å². The van der Waals surface area contributed by atoms with E-state index in [9.17, 15) is 24.0 Å². The van der Waals surface area contributed by atoms with Crippen LogP contribution in [0.1, 0.15) is 260 Å². The molecule has 0 aromatic heterocycles. The van der Waals surface area contributed by atoms with Crippen molar-refractivity contribution in [1.29, 1.82) is 0 Å². The molecule has 2 aliphatic heterocycles. The first-order chi connectivity index (χ1) is 41.1. The van der Waals surface area contributed by atoms with Gasteiger partial charge < -0.3 is 4.74 Å². The maximum absolute atomic E-state index is 11.5. The number of Topliss-reactive ketones (excluding diaryl/α,β-unsaturated/α-hetero) is 1. The molecule has 0 spiro atoms. The topological polar surface area (TPSA) is 113 Å². The number of nitrogens with zero attached hydrogens (tertiary/aromatic N) is 3. The summed E-state index contributed by atoms with van der Waals surface area (Å²) in [4.78, 5) is 58.2. The molecule has 492 valence electrons. The number of hydrogen-bond acceptors (Lipinski definition) is 8. The number of imide groups is 1. The normalized spacial score (nSPS) is 13.6. The summed E-state index contributed by atoms with van der Waals surface area (Å²) in [6.07, 6.45) is 21.5. The maximum Gasteiger partial charge on any atom is 0.256 e. The molecule has 9 nitrogen and oxygen atoms in total. The fourth-order valence-corrected chi connectivity index (χ4v) is 7.96. The summed E-state index contributed by atoms with van der Waals surface area (Å²) < 4.78 is 5.16. The molecule has 0 fully saturated rings. The second-order valence-electron chi connectivity index (χ2n) is 23.4. The van der Waals surface area contributed by atoms with Crippen LogP contribution in [0.25, 0.3) is 6.08 Å². The summed E-state index contributed by atoms with van der Waals surface area (Å²) in [5.74, 6) is 5.15. The second-order valence-corrected chi connectivity index (χ2v) is 23.4. The predicted molar refractivity (Wildman–Crippen MR) is 384 cm³/mol. The smallest absolute Gasteiger partial charge is 0.256 e. The summed E-state index contributed by atoms with van der Waals surface area (Å²) in [6.45, 7) is 61.1. The Morgan fingerprint density at radius 2 is 0.977 bits per heavy atom. The SMILES string of the molecule is C.C=C1C=Cc2ccccc2C1=O.C=C1OC(C)=NN1CC(C)C.CC.CC.CC.CC(C)CC1=CC=CC1.CC1=C(C)C(=O)N(CC(C)C)C1=O.CCC(C)C.CCC(C)C.CCc1ccc(CC(C)C)cc1CC.O=C1C=CC(=O)c2ccccc21. The third-order valence-corrected chi connectivity index (χ3v) is 13.2. The standard InChI is InChI=1S/C14H22.C11H8O.C10H15NO2.C10H6O2.C9H14.C8H14N2O.2C5H12.3C2H6.CH4/c1-5-13-8-7-12(9-11(3)4)10-14(13)6-2;1-8-6-7-9-4-2-3-5-10(9)11(8)12;1-6(2)5-11-9(12)7(3)8(4)10(11)13;11-9-5-6-10(12)8-4-2-1-3-7(8)9;1-8(2)7-9-5-3-4-6-9;1-6(2)5-10-8(4)11-7(3)9-10;2*1-4-5(2)3;3*1-2;/h7-8,10-11H,5-6,9H2,1-4H3;2-7H,1H2;6H,5H2,1-4H3;1-6H;3-5,8H,6-7H2,1-2H3;6H,4-5H2,1-3H3;2*5H,4H2,1-3H3;3*1-2H3;1H4. The van der Waals surface area contributed by atoms with Crippen LogP contribution in [0.5, 0.6) is 0 Å². The van der Waals surface area contributed by atoms with Gasteiger partial charge in [-0.3, -0.25) is 28.9 Å². The lowest BCUT2D eigenvalue weighted by molar-refractivity contribution is -0.138. The predicted octanol–water partition coefficient (Wildman–Crippen LogP) is 21.9. The highest BCUT2D eigenvalue weighted by molar-refractivity contribution is 6.22. The van der Waals surface area contributed by atoms with Gasteiger partial charge in [-0.2, -0.15) is 0 Å². The molecule has 88 heavy (non-hydrogen) atoms. The number of amides is 2. The van der Waals surface area contributed by atoms with Gasteiger partial charge >= 0.3 is 0 Å². The quantitative estimate of drug-likeness (QED) is 0.131. The zero-order chi connectivity index (χ0) is 67.5. The first-order valence-electron chi connectivity index (χ1n) is 32.7. The number of carbonyl (C=O) groups is 5. The molecule has 2 heterocycles. The van der Waals surface area contributed by atoms with Gasteiger partial charge in [0.25, 0.3) is 11.8 Å². The molecule has 0 saturated heterocycles. The van der Waals surface area contributed by atoms with Crippen LogP contribution in [0.2, 0.25) is 0 Å². The maximum atomic E-state index is 11.5. The van der Waals surface area contributed by atoms with Crippen molar-refractivity contribution < 1.29 is 28.7 Å². The number of hydrogen-bond donors (Lipinski definition) is 0. The Morgan fingerprint density at radius 3 is 1.35 bits per heavy atom. The van der Waals surface area contributed by atoms with E-state index >= 15 is 0 Å². The minimum Gasteiger partial charge on any atom is -0.424 e. The van der Waals surface area contributed by atoms with Crippen molar-refractivity contribution in [1.82, 2.24) is 9.91 Å². The molecular formula is C79H125N3O6. The first kappa shape index (κ1) is 87.7. The zero-order valence-corrected chi connectivity index (χ0v) is 59.4. The van der Waals surface area contributed by atoms with Crippen LogP contribution in [0, 0.1) is 35.5 Å². The van der Waals surface area contributed by atoms with Crippen molar-refractivity contribution in [2.24, 2.45) is 40.6 Å². The van der Waals surface area contributed by atoms with Crippen LogP contribution in [0.15, 0.2) is 150 Å². The van der Waals surface area contributed by atoms with Crippen molar-refractivity contribution in [3.63, 3.8) is 0 Å². The Bertz CT molecular complexity index is 2660. The Morgan fingerprint density at radius 1 is 0.534 bits per heavy atom. The molecule has 3 aromatic carbocycles. The zero-order valence-electron chi connectivity index (χ0n) is 59.4. The Balaban J connectivity index is -0.000000459. The minimum absolute atomic E-state index is 0. The second kappa shape index (κ2) is 50.2. The van der Waals surface area contributed by atoms with Gasteiger partial charge in [-0.05, 0) is 122 Å². The van der Waals surface area contributed by atoms with E-state index in [2.05, 4.69) is 152 Å². The fraction of sp³-hybridized carbons (Fsp3) is 0.519. The van der Waals surface area contributed by atoms with Crippen molar-refractivity contribution in [3.8, 4) is 0 Å². The monoisotopic (exact) mass is 1210 g/mol. The molecule has 0 radical (unpaired) electrons. The van der Waals surface area contributed by atoms with Crippen LogP contribution in [-0.2, 0) is 33.6 Å². The number of aryl methyl sites for hydroxylation is 2. The van der Waals surface area contributed by atoms with E-state index in [0.717, 1.165) is 54.2 Å². The molecule has 0 saturated carbocycles. The summed E-state index contributed by atoms with van der Waals surface area (Å²) in [5, 5.41) is 5.93. The van der Waals surface area contributed by atoms with E-state index < -0.39 is 0 Å². The molecule has 0 bridgehead atoms. The van der Waals surface area contributed by atoms with Crippen LogP contribution in [-0.4, -0.2) is 58.1 Å². The number of fused-ring (bicyclic) bond motifs is 2. The molecule has 0 N–H and O–H groups in total. The molecule has 5 aliphatic rings. The van der Waals surface area contributed by atoms with E-state index in [0.29, 0.717) is 58.0 Å². The van der Waals surface area contributed by atoms with E-state index in [1.165, 1.54) is 65.8 Å². The highest BCUT2D eigenvalue weighted by atomic mass is 16.5. The Kier molecular flexibility index (Phi) is 50.0. The third kappa shape index (κ3) is 35.3. The van der Waals surface area contributed by atoms with E-state index in [4.69, 9.17) is 4.74 Å². The molecule has 8 rings (SSSR count). The van der Waals surface area contributed by atoms with Crippen LogP contribution < -0.4 is 0 Å². The van der Waals surface area contributed by atoms with E-state index in [-0.39, 0.29) is 36.6 Å². The van der Waals surface area contributed by atoms with Crippen molar-refractivity contribution in [2.45, 2.75) is 225 Å². The molecule has 0 unspecified atom stereocenters. The van der Waals surface area contributed by atoms with Gasteiger partial charge in [0.1, 0.15) is 0 Å². The molecule has 9 heteroatoms. The molecular weight excluding hydrogens is 1090 g/mol. The number of allylic oxidation sites excluding steroid dienone is 8. The average Bonchev–Trinajstić information content (AvgIpc) is 4.03. The van der Waals surface area contributed by atoms with Gasteiger partial charge in [-0.25, -0.2) is 5.01 Å². The van der Waals surface area contributed by atoms with Crippen molar-refractivity contribution in [3.05, 3.63) is 183 Å². The minimum atomic E-state index is -0.129. The summed E-state index contributed by atoms with van der Waals surface area (Å²) in [7, 11) is 0. The summed E-state index contributed by atoms with van der Waals surface area (Å²) in [6, 6.07) is 21.4. The fourth-order valence-electron chi connectivity index (χ4n) is 7.96. The number of rotatable bonds is 12. The Labute approximate surface area is 539 Å². The Hall–Kier alpha value is -6.74. The molecule has 3 aromatic rings. The highest BCUT2D eigenvalue weighted by Crippen LogP contribution is 2.23. The van der Waals surface area contributed by atoms with Crippen molar-refractivity contribution in [2.75, 3.05) is 13.1 Å². The lowest BCUT2D eigenvalue weighted by atomic mass is 9.94. The highest BCUT2D eigenvalue weighted by Gasteiger charge is 2.33. The van der Waals surface area contributed by atoms with Gasteiger partial charge in [0.15, 0.2) is 17.3 Å². The van der Waals surface area contributed by atoms with E-state index in [1.54, 1.807) is 54.8 Å². The van der Waals surface area contributed by atoms with Crippen LogP contribution in [0.3, 0.4) is 0 Å². The van der Waals surface area contributed by atoms with Crippen molar-refractivity contribution >= 4 is 41.1 Å². The molecule has 3 aliphatic carbocycles. The lowest BCUT2D eigenvalue weighted by Gasteiger charge is -2.16. The largest absolute Gasteiger partial charge is 0.424 e. The number of ketones is 3. The van der Waals surface area contributed by atoms with Crippen LogP contribution >= 0.6 is 0 Å². The number of ether oxygens (including phenoxy) is 1. The van der Waals surface area contributed by atoms with Gasteiger partial charge in [0, 0.05) is 53.4 Å². The molecule has 0 atom stereocenters. The van der Waals surface area contributed by atoms with Gasteiger partial charge in [-0.1, -0.05) is 282 Å². The lowest BCUT2D eigenvalue weighted by Crippen LogP contribution is -2.34. The number of benzene rings is 3. The van der Waals surface area contributed by atoms with Gasteiger partial charge in [-0.15, -0.1) is 5.10 Å².